The van der Waals surface area contributed by atoms with Crippen molar-refractivity contribution in [3.63, 3.8) is 0 Å². The number of fused-ring (bicyclic) bond motifs is 1. The number of carbonyl (C=O) groups excluding carboxylic acids is 1. The minimum Gasteiger partial charge on any atom is -0.273 e. The fraction of sp³-hybridized carbons (Fsp3) is 0.417. The Kier molecular flexibility index (Phi) is 4.05. The van der Waals surface area contributed by atoms with E-state index in [9.17, 15) is 9.59 Å². The molecule has 0 aliphatic heterocycles. The zero-order valence-electron chi connectivity index (χ0n) is 10.9. The van der Waals surface area contributed by atoms with Gasteiger partial charge in [-0.15, -0.1) is 11.3 Å². The quantitative estimate of drug-likeness (QED) is 0.869. The van der Waals surface area contributed by atoms with Gasteiger partial charge in [0.15, 0.2) is 0 Å². The van der Waals surface area contributed by atoms with Crippen LogP contribution in [-0.4, -0.2) is 20.9 Å². The number of aromatic nitrogens is 2. The number of nitrogens with zero attached hydrogens (tertiary/aromatic N) is 2. The molecule has 0 atom stereocenters. The zero-order chi connectivity index (χ0) is 14.2. The Morgan fingerprint density at radius 3 is 2.74 bits per heavy atom. The van der Waals surface area contributed by atoms with Gasteiger partial charge in [0.2, 0.25) is 5.91 Å². The normalized spacial score (nSPS) is 10.9. The van der Waals surface area contributed by atoms with Crippen molar-refractivity contribution < 1.29 is 4.79 Å². The van der Waals surface area contributed by atoms with E-state index in [0.717, 1.165) is 15.3 Å². The lowest BCUT2D eigenvalue weighted by Crippen LogP contribution is -2.35. The van der Waals surface area contributed by atoms with Crippen LogP contribution in [0.3, 0.4) is 0 Å². The molecule has 1 amide bonds. The fourth-order valence-electron chi connectivity index (χ4n) is 1.79. The maximum atomic E-state index is 12.4. The molecule has 102 valence electrons. The number of hydrogen-bond donors (Lipinski definition) is 1. The predicted octanol–water partition coefficient (Wildman–Crippen LogP) is 2.24. The minimum absolute atomic E-state index is 0.215. The standard InChI is InChI=1S/C12H14BrN3O2S/c1-6-7(2)19-11-10(6)12(18)16(8(3)14-11)15-9(17)4-5-13/h4-5H2,1-3H3,(H,15,17). The van der Waals surface area contributed by atoms with Gasteiger partial charge in [-0.05, 0) is 26.3 Å². The molecule has 0 unspecified atom stereocenters. The first kappa shape index (κ1) is 14.2. The van der Waals surface area contributed by atoms with E-state index in [1.807, 2.05) is 13.8 Å². The highest BCUT2D eigenvalue weighted by atomic mass is 79.9. The monoisotopic (exact) mass is 343 g/mol. The van der Waals surface area contributed by atoms with Gasteiger partial charge in [0.1, 0.15) is 10.7 Å². The van der Waals surface area contributed by atoms with Crippen molar-refractivity contribution in [3.05, 3.63) is 26.6 Å². The van der Waals surface area contributed by atoms with E-state index in [0.29, 0.717) is 23.0 Å². The smallest absolute Gasteiger partial charge is 0.273 e. The van der Waals surface area contributed by atoms with Gasteiger partial charge in [0.25, 0.3) is 5.56 Å². The van der Waals surface area contributed by atoms with E-state index in [1.54, 1.807) is 6.92 Å². The molecule has 0 fully saturated rings. The maximum absolute atomic E-state index is 12.4. The van der Waals surface area contributed by atoms with Gasteiger partial charge in [-0.2, -0.15) is 0 Å². The number of nitrogens with one attached hydrogen (secondary N) is 1. The number of alkyl halides is 1. The lowest BCUT2D eigenvalue weighted by atomic mass is 10.2. The van der Waals surface area contributed by atoms with Crippen molar-refractivity contribution >= 4 is 43.4 Å². The molecule has 0 radical (unpaired) electrons. The van der Waals surface area contributed by atoms with Crippen LogP contribution in [0.5, 0.6) is 0 Å². The van der Waals surface area contributed by atoms with Crippen LogP contribution in [-0.2, 0) is 4.79 Å². The summed E-state index contributed by atoms with van der Waals surface area (Å²) < 4.78 is 1.23. The molecule has 2 heterocycles. The van der Waals surface area contributed by atoms with Crippen molar-refractivity contribution in [2.45, 2.75) is 27.2 Å². The number of aryl methyl sites for hydroxylation is 3. The van der Waals surface area contributed by atoms with Crippen LogP contribution >= 0.6 is 27.3 Å². The van der Waals surface area contributed by atoms with Crippen molar-refractivity contribution in [3.8, 4) is 0 Å². The van der Waals surface area contributed by atoms with Crippen molar-refractivity contribution in [1.82, 2.24) is 9.66 Å². The van der Waals surface area contributed by atoms with Gasteiger partial charge in [-0.25, -0.2) is 9.66 Å². The Morgan fingerprint density at radius 2 is 2.11 bits per heavy atom. The number of hydrogen-bond acceptors (Lipinski definition) is 4. The average molecular weight is 344 g/mol. The van der Waals surface area contributed by atoms with Crippen LogP contribution < -0.4 is 11.0 Å². The Morgan fingerprint density at radius 1 is 1.42 bits per heavy atom. The molecule has 0 aliphatic carbocycles. The summed E-state index contributed by atoms with van der Waals surface area (Å²) in [4.78, 5) is 30.2. The molecule has 0 aliphatic rings. The molecule has 0 saturated carbocycles. The van der Waals surface area contributed by atoms with Gasteiger partial charge < -0.3 is 0 Å². The van der Waals surface area contributed by atoms with Crippen LogP contribution in [0.1, 0.15) is 22.7 Å². The molecule has 0 aromatic carbocycles. The van der Waals surface area contributed by atoms with Crippen LogP contribution in [0, 0.1) is 20.8 Å². The van der Waals surface area contributed by atoms with Crippen molar-refractivity contribution in [1.29, 1.82) is 0 Å². The first-order valence-electron chi connectivity index (χ1n) is 5.81. The van der Waals surface area contributed by atoms with E-state index in [2.05, 4.69) is 26.3 Å². The summed E-state index contributed by atoms with van der Waals surface area (Å²) in [7, 11) is 0. The topological polar surface area (TPSA) is 64.0 Å². The highest BCUT2D eigenvalue weighted by Gasteiger charge is 2.15. The molecular formula is C12H14BrN3O2S. The number of thiophene rings is 1. The van der Waals surface area contributed by atoms with Gasteiger partial charge in [0.05, 0.1) is 5.39 Å². The third-order valence-corrected chi connectivity index (χ3v) is 4.43. The lowest BCUT2D eigenvalue weighted by molar-refractivity contribution is -0.116. The minimum atomic E-state index is -0.215. The molecule has 7 heteroatoms. The molecule has 0 saturated heterocycles. The highest BCUT2D eigenvalue weighted by Crippen LogP contribution is 2.25. The number of halogens is 1. The highest BCUT2D eigenvalue weighted by molar-refractivity contribution is 9.09. The second-order valence-electron chi connectivity index (χ2n) is 4.24. The van der Waals surface area contributed by atoms with E-state index < -0.39 is 0 Å². The van der Waals surface area contributed by atoms with E-state index in [-0.39, 0.29) is 11.5 Å². The third-order valence-electron chi connectivity index (χ3n) is 2.93. The molecule has 19 heavy (non-hydrogen) atoms. The second kappa shape index (κ2) is 5.42. The summed E-state index contributed by atoms with van der Waals surface area (Å²) in [5, 5.41) is 1.14. The molecule has 2 rings (SSSR count). The molecule has 0 bridgehead atoms. The van der Waals surface area contributed by atoms with Gasteiger partial charge >= 0.3 is 0 Å². The summed E-state index contributed by atoms with van der Waals surface area (Å²) in [6.45, 7) is 5.57. The number of carbonyl (C=O) groups is 1. The SMILES string of the molecule is Cc1sc2nc(C)n(NC(=O)CCBr)c(=O)c2c1C. The first-order valence-corrected chi connectivity index (χ1v) is 7.74. The summed E-state index contributed by atoms with van der Waals surface area (Å²) >= 11 is 4.69. The number of amides is 1. The largest absolute Gasteiger partial charge is 0.281 e. The average Bonchev–Trinajstić information content (AvgIpc) is 2.61. The summed E-state index contributed by atoms with van der Waals surface area (Å²) in [6.07, 6.45) is 0.311. The number of rotatable bonds is 3. The first-order chi connectivity index (χ1) is 8.95. The summed E-state index contributed by atoms with van der Waals surface area (Å²) in [5.41, 5.74) is 3.30. The van der Waals surface area contributed by atoms with Crippen LogP contribution in [0.25, 0.3) is 10.2 Å². The van der Waals surface area contributed by atoms with E-state index >= 15 is 0 Å². The Bertz CT molecular complexity index is 705. The van der Waals surface area contributed by atoms with Crippen LogP contribution in [0.4, 0.5) is 0 Å². The third kappa shape index (κ3) is 2.57. The van der Waals surface area contributed by atoms with Gasteiger partial charge in [-0.3, -0.25) is 15.0 Å². The molecule has 2 aromatic rings. The second-order valence-corrected chi connectivity index (χ2v) is 6.23. The van der Waals surface area contributed by atoms with Crippen molar-refractivity contribution in [2.75, 3.05) is 10.8 Å². The molecule has 2 aromatic heterocycles. The lowest BCUT2D eigenvalue weighted by Gasteiger charge is -2.10. The van der Waals surface area contributed by atoms with Crippen molar-refractivity contribution in [2.24, 2.45) is 0 Å². The van der Waals surface area contributed by atoms with Gasteiger partial charge in [0, 0.05) is 16.6 Å². The van der Waals surface area contributed by atoms with E-state index in [4.69, 9.17) is 0 Å². The van der Waals surface area contributed by atoms with Crippen LogP contribution in [0.2, 0.25) is 0 Å². The molecule has 0 spiro atoms. The van der Waals surface area contributed by atoms with Crippen LogP contribution in [0.15, 0.2) is 4.79 Å². The molecular weight excluding hydrogens is 330 g/mol. The van der Waals surface area contributed by atoms with E-state index in [1.165, 1.54) is 16.0 Å². The summed E-state index contributed by atoms with van der Waals surface area (Å²) in [6, 6.07) is 0. The zero-order valence-corrected chi connectivity index (χ0v) is 13.3. The Labute approximate surface area is 122 Å². The molecule has 5 nitrogen and oxygen atoms in total. The summed E-state index contributed by atoms with van der Waals surface area (Å²) in [5.74, 6) is 0.273. The molecule has 1 N–H and O–H groups in total. The van der Waals surface area contributed by atoms with Gasteiger partial charge in [-0.1, -0.05) is 15.9 Å². The predicted molar refractivity (Wildman–Crippen MR) is 80.9 cm³/mol. The Balaban J connectivity index is 2.59. The Hall–Kier alpha value is -1.21. The fourth-order valence-corrected chi connectivity index (χ4v) is 3.22. The maximum Gasteiger partial charge on any atom is 0.281 e.